The third-order valence-corrected chi connectivity index (χ3v) is 3.59. The summed E-state index contributed by atoms with van der Waals surface area (Å²) in [6.45, 7) is 0. The van der Waals surface area contributed by atoms with Gasteiger partial charge in [-0.25, -0.2) is 4.98 Å². The van der Waals surface area contributed by atoms with Crippen LogP contribution in [0.3, 0.4) is 0 Å². The number of carbonyl (C=O) groups excluding carboxylic acids is 1. The van der Waals surface area contributed by atoms with Crippen molar-refractivity contribution in [3.05, 3.63) is 45.5 Å². The number of hydrogen-bond acceptors (Lipinski definition) is 4. The lowest BCUT2D eigenvalue weighted by Gasteiger charge is -1.98. The average Bonchev–Trinajstić information content (AvgIpc) is 2.81. The van der Waals surface area contributed by atoms with Crippen LogP contribution >= 0.6 is 22.6 Å². The smallest absolute Gasteiger partial charge is 0.252 e. The minimum atomic E-state index is -0.590. The average molecular weight is 379 g/mol. The summed E-state index contributed by atoms with van der Waals surface area (Å²) in [6.07, 6.45) is 0. The van der Waals surface area contributed by atoms with E-state index in [9.17, 15) is 4.79 Å². The summed E-state index contributed by atoms with van der Waals surface area (Å²) >= 11 is 2.22. The first kappa shape index (κ1) is 12.9. The Bertz CT molecular complexity index is 809. The van der Waals surface area contributed by atoms with Gasteiger partial charge < -0.3 is 15.9 Å². The zero-order valence-electron chi connectivity index (χ0n) is 10.3. The van der Waals surface area contributed by atoms with Gasteiger partial charge in [0.1, 0.15) is 5.52 Å². The number of aromatic nitrogens is 1. The molecule has 0 aliphatic carbocycles. The van der Waals surface area contributed by atoms with Gasteiger partial charge in [-0.05, 0) is 59.0 Å². The van der Waals surface area contributed by atoms with Gasteiger partial charge in [0.05, 0.1) is 5.56 Å². The highest BCUT2D eigenvalue weighted by Gasteiger charge is 2.15. The number of halogens is 1. The highest BCUT2D eigenvalue weighted by atomic mass is 127. The van der Waals surface area contributed by atoms with E-state index in [1.54, 1.807) is 6.07 Å². The van der Waals surface area contributed by atoms with Gasteiger partial charge in [0.2, 0.25) is 5.89 Å². The van der Waals surface area contributed by atoms with E-state index in [4.69, 9.17) is 15.9 Å². The maximum atomic E-state index is 11.4. The van der Waals surface area contributed by atoms with E-state index in [0.717, 1.165) is 9.13 Å². The summed E-state index contributed by atoms with van der Waals surface area (Å²) in [5.41, 5.74) is 13.4. The van der Waals surface area contributed by atoms with E-state index >= 15 is 0 Å². The molecule has 100 valence electrons. The molecule has 0 aliphatic heterocycles. The Morgan fingerprint density at radius 2 is 1.90 bits per heavy atom. The number of oxazole rings is 1. The van der Waals surface area contributed by atoms with Gasteiger partial charge in [0, 0.05) is 14.8 Å². The van der Waals surface area contributed by atoms with Gasteiger partial charge >= 0.3 is 0 Å². The number of nitrogens with two attached hydrogens (primary N) is 2. The Balaban J connectivity index is 2.22. The molecule has 0 radical (unpaired) electrons. The normalized spacial score (nSPS) is 10.8. The van der Waals surface area contributed by atoms with Gasteiger partial charge in [-0.2, -0.15) is 0 Å². The molecule has 6 heteroatoms. The standard InChI is InChI=1S/C14H10IN3O2/c15-8-3-1-7(2-4-8)14-18-11-6-9(16)5-10(13(17)19)12(11)20-14/h1-6H,16H2,(H2,17,19). The molecule has 3 rings (SSSR count). The van der Waals surface area contributed by atoms with Crippen LogP contribution in [0.15, 0.2) is 40.8 Å². The van der Waals surface area contributed by atoms with Crippen molar-refractivity contribution < 1.29 is 9.21 Å². The van der Waals surface area contributed by atoms with E-state index in [-0.39, 0.29) is 5.56 Å². The van der Waals surface area contributed by atoms with Crippen molar-refractivity contribution >= 4 is 45.3 Å². The van der Waals surface area contributed by atoms with Crippen molar-refractivity contribution in [1.82, 2.24) is 4.98 Å². The minimum Gasteiger partial charge on any atom is -0.435 e. The molecule has 1 aromatic heterocycles. The van der Waals surface area contributed by atoms with Crippen molar-refractivity contribution in [3.8, 4) is 11.5 Å². The zero-order chi connectivity index (χ0) is 14.3. The van der Waals surface area contributed by atoms with E-state index < -0.39 is 5.91 Å². The fraction of sp³-hybridized carbons (Fsp3) is 0. The molecule has 3 aromatic rings. The molecular weight excluding hydrogens is 369 g/mol. The first-order valence-corrected chi connectivity index (χ1v) is 6.88. The molecular formula is C14H10IN3O2. The van der Waals surface area contributed by atoms with Crippen LogP contribution in [0.1, 0.15) is 10.4 Å². The Morgan fingerprint density at radius 3 is 2.55 bits per heavy atom. The fourth-order valence-electron chi connectivity index (χ4n) is 1.95. The third kappa shape index (κ3) is 2.22. The van der Waals surface area contributed by atoms with E-state index in [2.05, 4.69) is 27.6 Å². The van der Waals surface area contributed by atoms with Gasteiger partial charge in [-0.15, -0.1) is 0 Å². The Labute approximate surface area is 128 Å². The van der Waals surface area contributed by atoms with Crippen LogP contribution in [0.4, 0.5) is 5.69 Å². The first-order valence-electron chi connectivity index (χ1n) is 5.80. The van der Waals surface area contributed by atoms with Gasteiger partial charge in [-0.3, -0.25) is 4.79 Å². The van der Waals surface area contributed by atoms with Crippen molar-refractivity contribution in [2.45, 2.75) is 0 Å². The predicted molar refractivity (Wildman–Crippen MR) is 85.1 cm³/mol. The number of rotatable bonds is 2. The quantitative estimate of drug-likeness (QED) is 0.529. The first-order chi connectivity index (χ1) is 9.54. The monoisotopic (exact) mass is 379 g/mol. The van der Waals surface area contributed by atoms with Gasteiger partial charge in [-0.1, -0.05) is 0 Å². The molecule has 20 heavy (non-hydrogen) atoms. The van der Waals surface area contributed by atoms with Crippen molar-refractivity contribution in [1.29, 1.82) is 0 Å². The van der Waals surface area contributed by atoms with Crippen LogP contribution in [0, 0.1) is 3.57 Å². The topological polar surface area (TPSA) is 95.1 Å². The number of primary amides is 1. The molecule has 0 saturated heterocycles. The van der Waals surface area contributed by atoms with Gasteiger partial charge in [0.25, 0.3) is 5.91 Å². The van der Waals surface area contributed by atoms with Crippen LogP contribution in [0.25, 0.3) is 22.6 Å². The summed E-state index contributed by atoms with van der Waals surface area (Å²) in [5.74, 6) is -0.155. The molecule has 0 atom stereocenters. The SMILES string of the molecule is NC(=O)c1cc(N)cc2nc(-c3ccc(I)cc3)oc12. The molecule has 5 nitrogen and oxygen atoms in total. The molecule has 1 amide bonds. The van der Waals surface area contributed by atoms with Crippen LogP contribution in [-0.2, 0) is 0 Å². The number of anilines is 1. The van der Waals surface area contributed by atoms with E-state index in [1.165, 1.54) is 6.07 Å². The number of nitrogen functional groups attached to an aromatic ring is 1. The molecule has 0 spiro atoms. The number of nitrogens with zero attached hydrogens (tertiary/aromatic N) is 1. The summed E-state index contributed by atoms with van der Waals surface area (Å²) in [5, 5.41) is 0. The summed E-state index contributed by atoms with van der Waals surface area (Å²) in [7, 11) is 0. The Hall–Kier alpha value is -2.09. The summed E-state index contributed by atoms with van der Waals surface area (Å²) in [6, 6.07) is 10.9. The fourth-order valence-corrected chi connectivity index (χ4v) is 2.31. The molecule has 0 saturated carbocycles. The number of hydrogen-bond donors (Lipinski definition) is 2. The van der Waals surface area contributed by atoms with Crippen molar-refractivity contribution in [2.75, 3.05) is 5.73 Å². The molecule has 4 N–H and O–H groups in total. The highest BCUT2D eigenvalue weighted by Crippen LogP contribution is 2.28. The lowest BCUT2D eigenvalue weighted by Crippen LogP contribution is -2.11. The Morgan fingerprint density at radius 1 is 1.20 bits per heavy atom. The van der Waals surface area contributed by atoms with Crippen LogP contribution in [0.5, 0.6) is 0 Å². The zero-order valence-corrected chi connectivity index (χ0v) is 12.4. The second-order valence-electron chi connectivity index (χ2n) is 4.31. The lowest BCUT2D eigenvalue weighted by atomic mass is 10.1. The number of carbonyl (C=O) groups is 1. The van der Waals surface area contributed by atoms with Crippen molar-refractivity contribution in [3.63, 3.8) is 0 Å². The minimum absolute atomic E-state index is 0.240. The molecule has 0 aliphatic rings. The summed E-state index contributed by atoms with van der Waals surface area (Å²) < 4.78 is 6.79. The Kier molecular flexibility index (Phi) is 3.09. The predicted octanol–water partition coefficient (Wildman–Crippen LogP) is 2.78. The molecule has 0 fully saturated rings. The number of benzene rings is 2. The highest BCUT2D eigenvalue weighted by molar-refractivity contribution is 14.1. The maximum absolute atomic E-state index is 11.4. The second-order valence-corrected chi connectivity index (χ2v) is 5.55. The van der Waals surface area contributed by atoms with E-state index in [0.29, 0.717) is 22.7 Å². The molecule has 2 aromatic carbocycles. The van der Waals surface area contributed by atoms with Gasteiger partial charge in [0.15, 0.2) is 5.58 Å². The van der Waals surface area contributed by atoms with Crippen LogP contribution in [-0.4, -0.2) is 10.9 Å². The van der Waals surface area contributed by atoms with E-state index in [1.807, 2.05) is 24.3 Å². The largest absolute Gasteiger partial charge is 0.435 e. The van der Waals surface area contributed by atoms with Crippen LogP contribution < -0.4 is 11.5 Å². The lowest BCUT2D eigenvalue weighted by molar-refractivity contribution is 0.100. The third-order valence-electron chi connectivity index (χ3n) is 2.87. The van der Waals surface area contributed by atoms with Crippen LogP contribution in [0.2, 0.25) is 0 Å². The number of amides is 1. The number of fused-ring (bicyclic) bond motifs is 1. The summed E-state index contributed by atoms with van der Waals surface area (Å²) in [4.78, 5) is 15.8. The maximum Gasteiger partial charge on any atom is 0.252 e. The van der Waals surface area contributed by atoms with Crippen molar-refractivity contribution in [2.24, 2.45) is 5.73 Å². The molecule has 1 heterocycles. The second kappa shape index (κ2) is 4.78. The molecule has 0 unspecified atom stereocenters. The molecule has 0 bridgehead atoms.